The van der Waals surface area contributed by atoms with Crippen LogP contribution in [0.25, 0.3) is 6.08 Å². The number of benzene rings is 1. The number of rotatable bonds is 4. The van der Waals surface area contributed by atoms with Gasteiger partial charge in [0.05, 0.1) is 26.9 Å². The van der Waals surface area contributed by atoms with E-state index in [2.05, 4.69) is 0 Å². The Kier molecular flexibility index (Phi) is 4.23. The molecule has 0 fully saturated rings. The third-order valence-corrected chi connectivity index (χ3v) is 2.82. The van der Waals surface area contributed by atoms with Crippen molar-refractivity contribution in [3.05, 3.63) is 42.2 Å². The van der Waals surface area contributed by atoms with Crippen LogP contribution in [0.1, 0.15) is 12.0 Å². The molecule has 19 heavy (non-hydrogen) atoms. The number of ketones is 1. The Morgan fingerprint density at radius 1 is 1.26 bits per heavy atom. The maximum absolute atomic E-state index is 11.2. The van der Waals surface area contributed by atoms with Gasteiger partial charge in [-0.15, -0.1) is 0 Å². The van der Waals surface area contributed by atoms with Gasteiger partial charge in [-0.1, -0.05) is 12.1 Å². The molecule has 0 aliphatic carbocycles. The minimum Gasteiger partial charge on any atom is -0.493 e. The number of carbonyl (C=O) groups excluding carboxylic acids is 1. The van der Waals surface area contributed by atoms with Crippen LogP contribution < -0.4 is 9.47 Å². The Morgan fingerprint density at radius 3 is 2.74 bits per heavy atom. The van der Waals surface area contributed by atoms with Crippen LogP contribution in [0.4, 0.5) is 0 Å². The Morgan fingerprint density at radius 2 is 2.05 bits per heavy atom. The number of allylic oxidation sites excluding steroid dienone is 1. The van der Waals surface area contributed by atoms with Gasteiger partial charge in [-0.25, -0.2) is 0 Å². The smallest absolute Gasteiger partial charge is 0.162 e. The number of ether oxygens (including phenoxy) is 3. The average molecular weight is 260 g/mol. The van der Waals surface area contributed by atoms with Crippen molar-refractivity contribution in [2.75, 3.05) is 14.2 Å². The zero-order valence-electron chi connectivity index (χ0n) is 11.0. The van der Waals surface area contributed by atoms with Crippen LogP contribution in [0.3, 0.4) is 0 Å². The first-order valence-electron chi connectivity index (χ1n) is 5.98. The third-order valence-electron chi connectivity index (χ3n) is 2.82. The molecule has 0 saturated heterocycles. The van der Waals surface area contributed by atoms with Gasteiger partial charge in [-0.05, 0) is 23.8 Å². The molecule has 1 atom stereocenters. The molecule has 0 spiro atoms. The molecule has 1 aliphatic rings. The van der Waals surface area contributed by atoms with Crippen LogP contribution in [-0.4, -0.2) is 26.1 Å². The summed E-state index contributed by atoms with van der Waals surface area (Å²) in [7, 11) is 3.19. The summed E-state index contributed by atoms with van der Waals surface area (Å²) in [5, 5.41) is 0. The summed E-state index contributed by atoms with van der Waals surface area (Å²) in [6.07, 6.45) is 6.82. The van der Waals surface area contributed by atoms with Crippen LogP contribution >= 0.6 is 0 Å². The molecule has 1 aromatic rings. The number of methoxy groups -OCH3 is 2. The van der Waals surface area contributed by atoms with Crippen molar-refractivity contribution in [3.8, 4) is 11.5 Å². The van der Waals surface area contributed by atoms with E-state index in [1.165, 1.54) is 12.3 Å². The largest absolute Gasteiger partial charge is 0.493 e. The summed E-state index contributed by atoms with van der Waals surface area (Å²) in [5.74, 6) is 1.44. The highest BCUT2D eigenvalue weighted by atomic mass is 16.5. The number of hydrogen-bond donors (Lipinski definition) is 0. The van der Waals surface area contributed by atoms with Gasteiger partial charge in [0, 0.05) is 6.08 Å². The summed E-state index contributed by atoms with van der Waals surface area (Å²) in [5.41, 5.74) is 0.961. The van der Waals surface area contributed by atoms with E-state index in [9.17, 15) is 4.79 Å². The molecule has 4 heteroatoms. The fourth-order valence-corrected chi connectivity index (χ4v) is 1.82. The van der Waals surface area contributed by atoms with Crippen molar-refractivity contribution in [1.29, 1.82) is 0 Å². The zero-order chi connectivity index (χ0) is 13.7. The van der Waals surface area contributed by atoms with Crippen molar-refractivity contribution in [1.82, 2.24) is 0 Å². The monoisotopic (exact) mass is 260 g/mol. The minimum atomic E-state index is -0.203. The predicted octanol–water partition coefficient (Wildman–Crippen LogP) is 2.59. The SMILES string of the molecule is COc1ccc(/C=C/C2CC(=O)C=CO2)cc1OC. The second kappa shape index (κ2) is 6.09. The standard InChI is InChI=1S/C15H16O4/c1-17-14-6-4-11(9-15(14)18-2)3-5-13-10-12(16)7-8-19-13/h3-9,13H,10H2,1-2H3/b5-3+. The van der Waals surface area contributed by atoms with E-state index in [4.69, 9.17) is 14.2 Å². The van der Waals surface area contributed by atoms with E-state index in [1.807, 2.05) is 30.4 Å². The lowest BCUT2D eigenvalue weighted by atomic mass is 10.1. The lowest BCUT2D eigenvalue weighted by Gasteiger charge is -2.14. The van der Waals surface area contributed by atoms with E-state index in [0.717, 1.165) is 5.56 Å². The van der Waals surface area contributed by atoms with Gasteiger partial charge < -0.3 is 14.2 Å². The van der Waals surface area contributed by atoms with Crippen molar-refractivity contribution < 1.29 is 19.0 Å². The van der Waals surface area contributed by atoms with Crippen LogP contribution in [0.5, 0.6) is 11.5 Å². The Labute approximate surface area is 112 Å². The fourth-order valence-electron chi connectivity index (χ4n) is 1.82. The van der Waals surface area contributed by atoms with Gasteiger partial charge in [-0.3, -0.25) is 4.79 Å². The zero-order valence-corrected chi connectivity index (χ0v) is 11.0. The summed E-state index contributed by atoms with van der Waals surface area (Å²) in [4.78, 5) is 11.2. The summed E-state index contributed by atoms with van der Waals surface area (Å²) < 4.78 is 15.7. The molecular formula is C15H16O4. The first-order valence-corrected chi connectivity index (χ1v) is 5.98. The number of carbonyl (C=O) groups is 1. The van der Waals surface area contributed by atoms with E-state index < -0.39 is 0 Å². The van der Waals surface area contributed by atoms with Gasteiger partial charge in [0.15, 0.2) is 17.3 Å². The first kappa shape index (κ1) is 13.2. The van der Waals surface area contributed by atoms with Crippen molar-refractivity contribution >= 4 is 11.9 Å². The second-order valence-electron chi connectivity index (χ2n) is 4.12. The fraction of sp³-hybridized carbons (Fsp3) is 0.267. The van der Waals surface area contributed by atoms with Crippen LogP contribution in [0, 0.1) is 0 Å². The Bertz CT molecular complexity index is 517. The second-order valence-corrected chi connectivity index (χ2v) is 4.12. The number of hydrogen-bond acceptors (Lipinski definition) is 4. The molecular weight excluding hydrogens is 244 g/mol. The molecule has 1 unspecified atom stereocenters. The van der Waals surface area contributed by atoms with Crippen LogP contribution in [0.2, 0.25) is 0 Å². The van der Waals surface area contributed by atoms with Gasteiger partial charge >= 0.3 is 0 Å². The molecule has 1 aliphatic heterocycles. The maximum Gasteiger partial charge on any atom is 0.162 e. The molecule has 4 nitrogen and oxygen atoms in total. The van der Waals surface area contributed by atoms with Crippen molar-refractivity contribution in [2.24, 2.45) is 0 Å². The average Bonchev–Trinajstić information content (AvgIpc) is 2.45. The molecule has 100 valence electrons. The van der Waals surface area contributed by atoms with E-state index in [-0.39, 0.29) is 11.9 Å². The molecule has 1 heterocycles. The van der Waals surface area contributed by atoms with Gasteiger partial charge in [0.25, 0.3) is 0 Å². The topological polar surface area (TPSA) is 44.8 Å². The van der Waals surface area contributed by atoms with Crippen LogP contribution in [0.15, 0.2) is 36.6 Å². The molecule has 0 amide bonds. The lowest BCUT2D eigenvalue weighted by Crippen LogP contribution is -2.15. The Balaban J connectivity index is 2.10. The van der Waals surface area contributed by atoms with Gasteiger partial charge in [-0.2, -0.15) is 0 Å². The first-order chi connectivity index (χ1) is 9.22. The van der Waals surface area contributed by atoms with Crippen molar-refractivity contribution in [3.63, 3.8) is 0 Å². The molecule has 2 rings (SSSR count). The molecule has 0 bridgehead atoms. The highest BCUT2D eigenvalue weighted by Gasteiger charge is 2.13. The maximum atomic E-state index is 11.2. The highest BCUT2D eigenvalue weighted by molar-refractivity contribution is 5.90. The molecule has 1 aromatic carbocycles. The lowest BCUT2D eigenvalue weighted by molar-refractivity contribution is -0.117. The Hall–Kier alpha value is -2.23. The van der Waals surface area contributed by atoms with E-state index in [0.29, 0.717) is 17.9 Å². The molecule has 0 aromatic heterocycles. The summed E-state index contributed by atoms with van der Waals surface area (Å²) in [6.45, 7) is 0. The third kappa shape index (κ3) is 3.37. The predicted molar refractivity (Wildman–Crippen MR) is 72.2 cm³/mol. The summed E-state index contributed by atoms with van der Waals surface area (Å²) in [6, 6.07) is 5.62. The quantitative estimate of drug-likeness (QED) is 0.834. The molecule has 0 radical (unpaired) electrons. The molecule has 0 saturated carbocycles. The van der Waals surface area contributed by atoms with E-state index in [1.54, 1.807) is 14.2 Å². The minimum absolute atomic E-state index is 0.0770. The highest BCUT2D eigenvalue weighted by Crippen LogP contribution is 2.28. The summed E-state index contributed by atoms with van der Waals surface area (Å²) >= 11 is 0. The van der Waals surface area contributed by atoms with Crippen LogP contribution in [-0.2, 0) is 9.53 Å². The molecule has 0 N–H and O–H groups in total. The van der Waals surface area contributed by atoms with Gasteiger partial charge in [0.1, 0.15) is 6.10 Å². The van der Waals surface area contributed by atoms with E-state index >= 15 is 0 Å². The van der Waals surface area contributed by atoms with Crippen molar-refractivity contribution in [2.45, 2.75) is 12.5 Å². The normalized spacial score (nSPS) is 18.4. The van der Waals surface area contributed by atoms with Gasteiger partial charge in [0.2, 0.25) is 0 Å².